The number of hydrogen-bond donors (Lipinski definition) is 1. The number of rotatable bonds is 7. The lowest BCUT2D eigenvalue weighted by Gasteiger charge is -2.25. The molecule has 0 bridgehead atoms. The lowest BCUT2D eigenvalue weighted by atomic mass is 10.1. The molecule has 0 fully saturated rings. The van der Waals surface area contributed by atoms with Crippen molar-refractivity contribution in [1.82, 2.24) is 15.2 Å². The van der Waals surface area contributed by atoms with Crippen molar-refractivity contribution >= 4 is 28.8 Å². The molecule has 1 aromatic heterocycles. The van der Waals surface area contributed by atoms with Gasteiger partial charge in [-0.15, -0.1) is 11.3 Å². The van der Waals surface area contributed by atoms with Crippen molar-refractivity contribution in [3.05, 3.63) is 69.7 Å². The van der Waals surface area contributed by atoms with Crippen LogP contribution in [0.5, 0.6) is 5.75 Å². The van der Waals surface area contributed by atoms with E-state index in [0.717, 1.165) is 27.6 Å². The van der Waals surface area contributed by atoms with E-state index in [-0.39, 0.29) is 11.9 Å². The number of benzene rings is 2. The van der Waals surface area contributed by atoms with Crippen molar-refractivity contribution in [1.29, 1.82) is 0 Å². The molecular formula is C22H24ClN3O2S. The van der Waals surface area contributed by atoms with Gasteiger partial charge in [-0.05, 0) is 50.8 Å². The predicted molar refractivity (Wildman–Crippen MR) is 119 cm³/mol. The van der Waals surface area contributed by atoms with Crippen LogP contribution in [0.4, 0.5) is 0 Å². The average molecular weight is 430 g/mol. The Hall–Kier alpha value is -2.41. The van der Waals surface area contributed by atoms with Gasteiger partial charge in [0.15, 0.2) is 0 Å². The van der Waals surface area contributed by atoms with Crippen LogP contribution in [0.15, 0.2) is 48.5 Å². The highest BCUT2D eigenvalue weighted by Crippen LogP contribution is 2.29. The highest BCUT2D eigenvalue weighted by Gasteiger charge is 2.20. The molecule has 0 saturated heterocycles. The van der Waals surface area contributed by atoms with Crippen LogP contribution in [-0.2, 0) is 0 Å². The first kappa shape index (κ1) is 21.3. The Morgan fingerprint density at radius 2 is 1.97 bits per heavy atom. The summed E-state index contributed by atoms with van der Waals surface area (Å²) in [6.45, 7) is 2.34. The Balaban J connectivity index is 1.74. The van der Waals surface area contributed by atoms with Crippen LogP contribution in [0.2, 0.25) is 5.02 Å². The van der Waals surface area contributed by atoms with Gasteiger partial charge in [0.25, 0.3) is 5.91 Å². The highest BCUT2D eigenvalue weighted by molar-refractivity contribution is 7.17. The largest absolute Gasteiger partial charge is 0.497 e. The number of nitrogens with zero attached hydrogens (tertiary/aromatic N) is 2. The molecule has 5 nitrogen and oxygen atoms in total. The lowest BCUT2D eigenvalue weighted by molar-refractivity contribution is 0.0945. The van der Waals surface area contributed by atoms with Crippen LogP contribution in [0.1, 0.15) is 27.0 Å². The molecule has 0 aliphatic carbocycles. The van der Waals surface area contributed by atoms with E-state index in [1.807, 2.05) is 69.6 Å². The van der Waals surface area contributed by atoms with Gasteiger partial charge in [0.05, 0.1) is 18.8 Å². The summed E-state index contributed by atoms with van der Waals surface area (Å²) in [7, 11) is 5.64. The summed E-state index contributed by atoms with van der Waals surface area (Å²) < 4.78 is 5.33. The minimum atomic E-state index is -0.116. The zero-order valence-electron chi connectivity index (χ0n) is 16.9. The summed E-state index contributed by atoms with van der Waals surface area (Å²) in [5.74, 6) is 0.682. The number of aromatic nitrogens is 1. The van der Waals surface area contributed by atoms with Crippen LogP contribution < -0.4 is 10.1 Å². The van der Waals surface area contributed by atoms with Crippen molar-refractivity contribution in [3.63, 3.8) is 0 Å². The number of carbonyl (C=O) groups excluding carboxylic acids is 1. The summed E-state index contributed by atoms with van der Waals surface area (Å²) in [6.07, 6.45) is 0. The summed E-state index contributed by atoms with van der Waals surface area (Å²) in [5.41, 5.74) is 2.75. The first-order valence-electron chi connectivity index (χ1n) is 9.21. The maximum absolute atomic E-state index is 12.8. The molecule has 1 unspecified atom stereocenters. The molecule has 0 saturated carbocycles. The fourth-order valence-electron chi connectivity index (χ4n) is 3.04. The van der Waals surface area contributed by atoms with E-state index >= 15 is 0 Å². The molecule has 0 spiro atoms. The van der Waals surface area contributed by atoms with Gasteiger partial charge in [0, 0.05) is 17.1 Å². The molecule has 29 heavy (non-hydrogen) atoms. The molecule has 7 heteroatoms. The normalized spacial score (nSPS) is 12.1. The van der Waals surface area contributed by atoms with E-state index in [9.17, 15) is 4.79 Å². The molecule has 1 heterocycles. The topological polar surface area (TPSA) is 54.5 Å². The number of carbonyl (C=O) groups is 1. The first-order valence-corrected chi connectivity index (χ1v) is 10.4. The van der Waals surface area contributed by atoms with Crippen molar-refractivity contribution in [2.45, 2.75) is 13.0 Å². The molecule has 0 radical (unpaired) electrons. The van der Waals surface area contributed by atoms with Gasteiger partial charge in [0.1, 0.15) is 15.6 Å². The molecule has 3 aromatic rings. The molecule has 0 aliphatic rings. The number of thiazole rings is 1. The number of amides is 1. The van der Waals surface area contributed by atoms with Gasteiger partial charge in [0.2, 0.25) is 0 Å². The van der Waals surface area contributed by atoms with E-state index in [2.05, 4.69) is 15.2 Å². The SMILES string of the molecule is COc1cccc(C(CNC(=O)c2sc(-c3ccc(Cl)cc3)nc2C)N(C)C)c1. The standard InChI is InChI=1S/C22H24ClN3O2S/c1-14-20(29-22(25-14)15-8-10-17(23)11-9-15)21(27)24-13-19(26(2)3)16-6-5-7-18(12-16)28-4/h5-12,19H,13H2,1-4H3,(H,24,27). The number of nitrogens with one attached hydrogen (secondary N) is 1. The van der Waals surface area contributed by atoms with Gasteiger partial charge in [-0.1, -0.05) is 35.9 Å². The van der Waals surface area contributed by atoms with E-state index < -0.39 is 0 Å². The third kappa shape index (κ3) is 5.15. The zero-order valence-corrected chi connectivity index (χ0v) is 18.5. The molecule has 0 aliphatic heterocycles. The Morgan fingerprint density at radius 3 is 2.62 bits per heavy atom. The van der Waals surface area contributed by atoms with Crippen molar-refractivity contribution < 1.29 is 9.53 Å². The van der Waals surface area contributed by atoms with Crippen LogP contribution >= 0.6 is 22.9 Å². The monoisotopic (exact) mass is 429 g/mol. The Labute approximate surface area is 180 Å². The van der Waals surface area contributed by atoms with Gasteiger partial charge in [-0.25, -0.2) is 4.98 Å². The first-order chi connectivity index (χ1) is 13.9. The van der Waals surface area contributed by atoms with Crippen molar-refractivity contribution in [2.24, 2.45) is 0 Å². The van der Waals surface area contributed by atoms with Gasteiger partial charge in [-0.3, -0.25) is 4.79 Å². The number of hydrogen-bond acceptors (Lipinski definition) is 5. The maximum atomic E-state index is 12.8. The number of likely N-dealkylation sites (N-methyl/N-ethyl adjacent to an activating group) is 1. The van der Waals surface area contributed by atoms with Crippen molar-refractivity contribution in [2.75, 3.05) is 27.7 Å². The predicted octanol–water partition coefficient (Wildman–Crippen LogP) is 4.81. The number of aryl methyl sites for hydroxylation is 1. The second kappa shape index (κ2) is 9.39. The number of halogens is 1. The molecule has 2 aromatic carbocycles. The summed E-state index contributed by atoms with van der Waals surface area (Å²) in [6, 6.07) is 15.4. The minimum absolute atomic E-state index is 0.0259. The summed E-state index contributed by atoms with van der Waals surface area (Å²) >= 11 is 7.35. The Kier molecular flexibility index (Phi) is 6.90. The van der Waals surface area contributed by atoms with Crippen LogP contribution in [0.3, 0.4) is 0 Å². The van der Waals surface area contributed by atoms with Crippen molar-refractivity contribution in [3.8, 4) is 16.3 Å². The molecule has 1 amide bonds. The zero-order chi connectivity index (χ0) is 21.0. The van der Waals surface area contributed by atoms with Crippen LogP contribution in [0, 0.1) is 6.92 Å². The molecule has 1 atom stereocenters. The molecular weight excluding hydrogens is 406 g/mol. The minimum Gasteiger partial charge on any atom is -0.497 e. The highest BCUT2D eigenvalue weighted by atomic mass is 35.5. The fourth-order valence-corrected chi connectivity index (χ4v) is 4.15. The number of ether oxygens (including phenoxy) is 1. The van der Waals surface area contributed by atoms with Crippen LogP contribution in [0.25, 0.3) is 10.6 Å². The number of methoxy groups -OCH3 is 1. The lowest BCUT2D eigenvalue weighted by Crippen LogP contribution is -2.34. The van der Waals surface area contributed by atoms with E-state index in [4.69, 9.17) is 16.3 Å². The van der Waals surface area contributed by atoms with Gasteiger partial charge < -0.3 is 15.0 Å². The molecule has 152 valence electrons. The molecule has 1 N–H and O–H groups in total. The second-order valence-electron chi connectivity index (χ2n) is 6.91. The average Bonchev–Trinajstić information content (AvgIpc) is 3.10. The summed E-state index contributed by atoms with van der Waals surface area (Å²) in [5, 5.41) is 4.54. The van der Waals surface area contributed by atoms with Gasteiger partial charge in [-0.2, -0.15) is 0 Å². The Morgan fingerprint density at radius 1 is 1.24 bits per heavy atom. The molecule has 3 rings (SSSR count). The van der Waals surface area contributed by atoms with E-state index in [0.29, 0.717) is 16.4 Å². The third-order valence-electron chi connectivity index (χ3n) is 4.65. The quantitative estimate of drug-likeness (QED) is 0.585. The fraction of sp³-hybridized carbons (Fsp3) is 0.273. The maximum Gasteiger partial charge on any atom is 0.263 e. The second-order valence-corrected chi connectivity index (χ2v) is 8.34. The van der Waals surface area contributed by atoms with Crippen LogP contribution in [-0.4, -0.2) is 43.5 Å². The van der Waals surface area contributed by atoms with E-state index in [1.54, 1.807) is 7.11 Å². The smallest absolute Gasteiger partial charge is 0.263 e. The van der Waals surface area contributed by atoms with E-state index in [1.165, 1.54) is 11.3 Å². The third-order valence-corrected chi connectivity index (χ3v) is 6.11. The summed E-state index contributed by atoms with van der Waals surface area (Å²) in [4.78, 5) is 20.1. The Bertz CT molecular complexity index is 986. The van der Waals surface area contributed by atoms with Gasteiger partial charge >= 0.3 is 0 Å².